The summed E-state index contributed by atoms with van der Waals surface area (Å²) in [5.74, 6) is 0.647. The average Bonchev–Trinajstić information content (AvgIpc) is 3.42. The molecule has 9 heteroatoms. The Morgan fingerprint density at radius 3 is 2.74 bits per heavy atom. The van der Waals surface area contributed by atoms with Gasteiger partial charge in [-0.05, 0) is 38.1 Å². The minimum atomic E-state index is -0.541. The van der Waals surface area contributed by atoms with Crippen LogP contribution in [0.25, 0.3) is 21.3 Å². The van der Waals surface area contributed by atoms with Crippen LogP contribution < -0.4 is 15.4 Å². The van der Waals surface area contributed by atoms with Crippen LogP contribution in [0.1, 0.15) is 31.2 Å². The van der Waals surface area contributed by atoms with Crippen LogP contribution in [0, 0.1) is 0 Å². The fourth-order valence-corrected chi connectivity index (χ4v) is 6.15. The molecular formula is C25H27ClN4O3S. The van der Waals surface area contributed by atoms with Gasteiger partial charge in [-0.2, -0.15) is 0 Å². The monoisotopic (exact) mass is 498 g/mol. The minimum absolute atomic E-state index is 0.0233. The molecule has 1 atom stereocenters. The summed E-state index contributed by atoms with van der Waals surface area (Å²) < 4.78 is 7.28. The Bertz CT molecular complexity index is 1280. The summed E-state index contributed by atoms with van der Waals surface area (Å²) in [6.45, 7) is 8.45. The summed E-state index contributed by atoms with van der Waals surface area (Å²) in [5, 5.41) is 6.89. The van der Waals surface area contributed by atoms with Gasteiger partial charge < -0.3 is 20.3 Å². The van der Waals surface area contributed by atoms with Crippen LogP contribution in [0.3, 0.4) is 0 Å². The average molecular weight is 499 g/mol. The molecule has 1 fully saturated rings. The number of rotatable bonds is 4. The Hall–Kier alpha value is -2.68. The van der Waals surface area contributed by atoms with Gasteiger partial charge in [0.05, 0.1) is 15.8 Å². The smallest absolute Gasteiger partial charge is 0.264 e. The molecule has 0 spiro atoms. The number of amides is 2. The van der Waals surface area contributed by atoms with Crippen LogP contribution in [-0.4, -0.2) is 54.0 Å². The number of benzene rings is 1. The van der Waals surface area contributed by atoms with E-state index in [1.807, 2.05) is 43.0 Å². The summed E-state index contributed by atoms with van der Waals surface area (Å²) in [7, 11) is 0. The number of thiophene rings is 1. The molecule has 3 aromatic rings. The first-order valence-corrected chi connectivity index (χ1v) is 12.6. The van der Waals surface area contributed by atoms with E-state index in [1.54, 1.807) is 17.5 Å². The third-order valence-corrected chi connectivity index (χ3v) is 8.01. The largest absolute Gasteiger partial charge is 0.479 e. The maximum atomic E-state index is 13.1. The lowest BCUT2D eigenvalue weighted by Crippen LogP contribution is -2.50. The molecule has 1 aromatic carbocycles. The van der Waals surface area contributed by atoms with Gasteiger partial charge in [-0.25, -0.2) is 0 Å². The predicted molar refractivity (Wildman–Crippen MR) is 134 cm³/mol. The van der Waals surface area contributed by atoms with Gasteiger partial charge in [0.1, 0.15) is 5.75 Å². The summed E-state index contributed by atoms with van der Waals surface area (Å²) in [6, 6.07) is 7.76. The quantitative estimate of drug-likeness (QED) is 0.572. The van der Waals surface area contributed by atoms with Gasteiger partial charge in [0, 0.05) is 72.3 Å². The predicted octanol–water partition coefficient (Wildman–Crippen LogP) is 3.72. The number of hydrogen-bond donors (Lipinski definition) is 2. The normalized spacial score (nSPS) is 18.0. The van der Waals surface area contributed by atoms with E-state index in [0.717, 1.165) is 44.9 Å². The molecule has 2 aliphatic heterocycles. The maximum Gasteiger partial charge on any atom is 0.264 e. The van der Waals surface area contributed by atoms with E-state index >= 15 is 0 Å². The van der Waals surface area contributed by atoms with Crippen molar-refractivity contribution in [2.24, 2.45) is 0 Å². The van der Waals surface area contributed by atoms with E-state index in [2.05, 4.69) is 15.6 Å². The zero-order chi connectivity index (χ0) is 24.0. The van der Waals surface area contributed by atoms with Crippen molar-refractivity contribution >= 4 is 45.0 Å². The number of carbonyl (C=O) groups is 2. The first kappa shape index (κ1) is 23.1. The second-order valence-corrected chi connectivity index (χ2v) is 10.8. The van der Waals surface area contributed by atoms with Crippen LogP contribution in [0.4, 0.5) is 0 Å². The fourth-order valence-electron chi connectivity index (χ4n) is 4.71. The lowest BCUT2D eigenvalue weighted by atomic mass is 10.00. The molecule has 1 saturated heterocycles. The Morgan fingerprint density at radius 1 is 1.24 bits per heavy atom. The molecule has 0 saturated carbocycles. The van der Waals surface area contributed by atoms with Crippen LogP contribution in [0.15, 0.2) is 30.5 Å². The molecule has 7 nitrogen and oxygen atoms in total. The van der Waals surface area contributed by atoms with Crippen LogP contribution in [0.2, 0.25) is 5.02 Å². The highest BCUT2D eigenvalue weighted by molar-refractivity contribution is 7.19. The fraction of sp³-hybridized carbons (Fsp3) is 0.400. The number of piperazine rings is 1. The zero-order valence-electron chi connectivity index (χ0n) is 19.4. The number of nitrogens with zero attached hydrogens (tertiary/aromatic N) is 2. The van der Waals surface area contributed by atoms with E-state index < -0.39 is 11.6 Å². The highest BCUT2D eigenvalue weighted by Crippen LogP contribution is 2.45. The molecule has 2 amide bonds. The van der Waals surface area contributed by atoms with Gasteiger partial charge in [-0.3, -0.25) is 14.6 Å². The third kappa shape index (κ3) is 4.26. The SMILES string of the molecule is CC(=O)NC(C)(C)c1cc2nccc(-c3cc(Cl)cc4c3OC(C(=O)N3CCNCC3)C4)c2s1. The summed E-state index contributed by atoms with van der Waals surface area (Å²) in [6.07, 6.45) is 1.73. The first-order valence-electron chi connectivity index (χ1n) is 11.4. The van der Waals surface area contributed by atoms with Gasteiger partial charge >= 0.3 is 0 Å². The number of pyridine rings is 1. The number of aromatic nitrogens is 1. The molecule has 178 valence electrons. The Balaban J connectivity index is 1.53. The van der Waals surface area contributed by atoms with Gasteiger partial charge in [-0.15, -0.1) is 11.3 Å². The highest BCUT2D eigenvalue weighted by atomic mass is 35.5. The van der Waals surface area contributed by atoms with Crippen molar-refractivity contribution < 1.29 is 14.3 Å². The Labute approximate surface area is 207 Å². The molecule has 0 bridgehead atoms. The lowest BCUT2D eigenvalue weighted by molar-refractivity contribution is -0.138. The molecular weight excluding hydrogens is 472 g/mol. The number of nitrogens with one attached hydrogen (secondary N) is 2. The van der Waals surface area contributed by atoms with Crippen LogP contribution >= 0.6 is 22.9 Å². The van der Waals surface area contributed by atoms with Crippen molar-refractivity contribution in [3.05, 3.63) is 45.9 Å². The minimum Gasteiger partial charge on any atom is -0.479 e. The highest BCUT2D eigenvalue weighted by Gasteiger charge is 2.35. The van der Waals surface area contributed by atoms with E-state index in [0.29, 0.717) is 30.3 Å². The summed E-state index contributed by atoms with van der Waals surface area (Å²) in [4.78, 5) is 32.3. The van der Waals surface area contributed by atoms with E-state index in [1.165, 1.54) is 6.92 Å². The van der Waals surface area contributed by atoms with Crippen molar-refractivity contribution in [2.75, 3.05) is 26.2 Å². The van der Waals surface area contributed by atoms with Crippen molar-refractivity contribution in [2.45, 2.75) is 38.8 Å². The number of hydrogen-bond acceptors (Lipinski definition) is 6. The van der Waals surface area contributed by atoms with Gasteiger partial charge in [0.15, 0.2) is 6.10 Å². The zero-order valence-corrected chi connectivity index (χ0v) is 21.0. The second-order valence-electron chi connectivity index (χ2n) is 9.32. The van der Waals surface area contributed by atoms with E-state index in [-0.39, 0.29) is 11.8 Å². The van der Waals surface area contributed by atoms with Crippen molar-refractivity contribution in [1.82, 2.24) is 20.5 Å². The molecule has 4 heterocycles. The molecule has 5 rings (SSSR count). The molecule has 1 unspecified atom stereocenters. The van der Waals surface area contributed by atoms with Crippen LogP contribution in [0.5, 0.6) is 5.75 Å². The Kier molecular flexibility index (Phi) is 6.00. The number of ether oxygens (including phenoxy) is 1. The van der Waals surface area contributed by atoms with Gasteiger partial charge in [-0.1, -0.05) is 11.6 Å². The van der Waals surface area contributed by atoms with Crippen LogP contribution in [-0.2, 0) is 21.5 Å². The van der Waals surface area contributed by atoms with Crippen molar-refractivity contribution in [1.29, 1.82) is 0 Å². The topological polar surface area (TPSA) is 83.6 Å². The lowest BCUT2D eigenvalue weighted by Gasteiger charge is -2.29. The number of halogens is 1. The second kappa shape index (κ2) is 8.83. The van der Waals surface area contributed by atoms with E-state index in [4.69, 9.17) is 16.3 Å². The number of carbonyl (C=O) groups excluding carboxylic acids is 2. The summed E-state index contributed by atoms with van der Waals surface area (Å²) >= 11 is 8.11. The maximum absolute atomic E-state index is 13.1. The standard InChI is InChI=1S/C25H27ClN4O3S/c1-14(31)29-25(2,3)21-13-19-23(34-21)17(4-5-28-19)18-12-16(26)10-15-11-20(33-22(15)18)24(32)30-8-6-27-7-9-30/h4-5,10,12-13,20,27H,6-9,11H2,1-3H3,(H,29,31). The van der Waals surface area contributed by atoms with Crippen molar-refractivity contribution in [3.63, 3.8) is 0 Å². The first-order chi connectivity index (χ1) is 16.2. The number of fused-ring (bicyclic) bond motifs is 2. The Morgan fingerprint density at radius 2 is 2.00 bits per heavy atom. The van der Waals surface area contributed by atoms with E-state index in [9.17, 15) is 9.59 Å². The van der Waals surface area contributed by atoms with Gasteiger partial charge in [0.25, 0.3) is 5.91 Å². The molecule has 2 aromatic heterocycles. The molecule has 2 aliphatic rings. The third-order valence-electron chi connectivity index (χ3n) is 6.31. The van der Waals surface area contributed by atoms with Gasteiger partial charge in [0.2, 0.25) is 5.91 Å². The molecule has 2 N–H and O–H groups in total. The molecule has 34 heavy (non-hydrogen) atoms. The molecule has 0 aliphatic carbocycles. The molecule has 0 radical (unpaired) electrons. The summed E-state index contributed by atoms with van der Waals surface area (Å²) in [5.41, 5.74) is 3.07. The van der Waals surface area contributed by atoms with Crippen molar-refractivity contribution in [3.8, 4) is 16.9 Å².